The molecule has 0 aromatic heterocycles. The van der Waals surface area contributed by atoms with Gasteiger partial charge in [0, 0.05) is 18.1 Å². The molecule has 0 spiro atoms. The molecule has 124 valence electrons. The summed E-state index contributed by atoms with van der Waals surface area (Å²) in [5, 5.41) is 3.65. The van der Waals surface area contributed by atoms with Crippen LogP contribution < -0.4 is 5.32 Å². The molecule has 2 nitrogen and oxygen atoms in total. The van der Waals surface area contributed by atoms with Crippen LogP contribution in [0.25, 0.3) is 0 Å². The zero-order valence-electron chi connectivity index (χ0n) is 14.7. The van der Waals surface area contributed by atoms with Gasteiger partial charge in [-0.05, 0) is 52.1 Å². The molecule has 21 heavy (non-hydrogen) atoms. The highest BCUT2D eigenvalue weighted by atomic mass is 15.2. The molecule has 2 aliphatic heterocycles. The van der Waals surface area contributed by atoms with E-state index in [-0.39, 0.29) is 0 Å². The van der Waals surface area contributed by atoms with Crippen LogP contribution in [0.15, 0.2) is 0 Å². The van der Waals surface area contributed by atoms with E-state index in [9.17, 15) is 0 Å². The van der Waals surface area contributed by atoms with E-state index in [1.54, 1.807) is 0 Å². The fourth-order valence-corrected chi connectivity index (χ4v) is 4.72. The first kappa shape index (κ1) is 17.3. The summed E-state index contributed by atoms with van der Waals surface area (Å²) in [6.45, 7) is 2.30. The third-order valence-electron chi connectivity index (χ3n) is 6.19. The van der Waals surface area contributed by atoms with Gasteiger partial charge in [-0.2, -0.15) is 0 Å². The first-order valence-corrected chi connectivity index (χ1v) is 9.65. The molecule has 2 fully saturated rings. The van der Waals surface area contributed by atoms with Gasteiger partial charge in [0.1, 0.15) is 0 Å². The highest BCUT2D eigenvalue weighted by Gasteiger charge is 2.40. The van der Waals surface area contributed by atoms with Crippen molar-refractivity contribution in [2.24, 2.45) is 5.92 Å². The summed E-state index contributed by atoms with van der Waals surface area (Å²) in [5.74, 6) is 0.934. The van der Waals surface area contributed by atoms with Crippen molar-refractivity contribution in [2.45, 2.75) is 102 Å². The van der Waals surface area contributed by atoms with E-state index in [2.05, 4.69) is 31.2 Å². The number of rotatable bonds is 10. The van der Waals surface area contributed by atoms with E-state index in [0.29, 0.717) is 0 Å². The largest absolute Gasteiger partial charge is 0.317 e. The highest BCUT2D eigenvalue weighted by Crippen LogP contribution is 2.39. The van der Waals surface area contributed by atoms with Crippen LogP contribution in [-0.2, 0) is 0 Å². The Morgan fingerprint density at radius 3 is 2.10 bits per heavy atom. The summed E-state index contributed by atoms with van der Waals surface area (Å²) in [5.41, 5.74) is 0. The van der Waals surface area contributed by atoms with Gasteiger partial charge in [-0.3, -0.25) is 0 Å². The van der Waals surface area contributed by atoms with E-state index in [1.807, 2.05) is 0 Å². The molecular formula is C19H38N2. The van der Waals surface area contributed by atoms with Gasteiger partial charge in [-0.25, -0.2) is 0 Å². The molecule has 0 saturated carbocycles. The molecule has 0 aliphatic carbocycles. The Labute approximate surface area is 133 Å². The number of unbranched alkanes of at least 4 members (excludes halogenated alkanes) is 6. The Bertz CT molecular complexity index is 265. The van der Waals surface area contributed by atoms with E-state index >= 15 is 0 Å². The van der Waals surface area contributed by atoms with Gasteiger partial charge in [0.05, 0.1) is 0 Å². The van der Waals surface area contributed by atoms with Crippen LogP contribution in [0.3, 0.4) is 0 Å². The Hall–Kier alpha value is -0.0800. The molecule has 0 amide bonds. The normalized spacial score (nSPS) is 30.7. The maximum Gasteiger partial charge on any atom is 0.00989 e. The van der Waals surface area contributed by atoms with Gasteiger partial charge in [0.2, 0.25) is 0 Å². The van der Waals surface area contributed by atoms with Crippen molar-refractivity contribution in [1.82, 2.24) is 10.2 Å². The Morgan fingerprint density at radius 2 is 1.52 bits per heavy atom. The van der Waals surface area contributed by atoms with E-state index in [4.69, 9.17) is 0 Å². The minimum atomic E-state index is 0.775. The fraction of sp³-hybridized carbons (Fsp3) is 1.00. The van der Waals surface area contributed by atoms with Crippen LogP contribution in [0.4, 0.5) is 0 Å². The van der Waals surface area contributed by atoms with Crippen molar-refractivity contribution in [2.75, 3.05) is 14.1 Å². The molecule has 0 aromatic carbocycles. The molecule has 2 bridgehead atoms. The zero-order valence-corrected chi connectivity index (χ0v) is 14.7. The maximum absolute atomic E-state index is 3.65. The lowest BCUT2D eigenvalue weighted by atomic mass is 9.83. The number of nitrogens with zero attached hydrogens (tertiary/aromatic N) is 1. The summed E-state index contributed by atoms with van der Waals surface area (Å²) < 4.78 is 0. The molecule has 2 heteroatoms. The maximum atomic E-state index is 3.65. The van der Waals surface area contributed by atoms with E-state index in [0.717, 1.165) is 24.0 Å². The first-order valence-electron chi connectivity index (χ1n) is 9.65. The second-order valence-electron chi connectivity index (χ2n) is 7.59. The molecule has 1 N–H and O–H groups in total. The second kappa shape index (κ2) is 9.15. The van der Waals surface area contributed by atoms with Gasteiger partial charge in [-0.15, -0.1) is 0 Å². The van der Waals surface area contributed by atoms with Crippen molar-refractivity contribution in [3.05, 3.63) is 0 Å². The predicted octanol–water partition coefficient (Wildman–Crippen LogP) is 4.59. The van der Waals surface area contributed by atoms with Gasteiger partial charge >= 0.3 is 0 Å². The SMILES string of the molecule is CCCCCCCCCC(NC)C1CC2CCC(C1)N2C. The average molecular weight is 295 g/mol. The lowest BCUT2D eigenvalue weighted by molar-refractivity contribution is 0.111. The van der Waals surface area contributed by atoms with Gasteiger partial charge in [0.25, 0.3) is 0 Å². The summed E-state index contributed by atoms with van der Waals surface area (Å²) in [4.78, 5) is 2.66. The van der Waals surface area contributed by atoms with Crippen molar-refractivity contribution < 1.29 is 0 Å². The predicted molar refractivity (Wildman–Crippen MR) is 92.8 cm³/mol. The minimum Gasteiger partial charge on any atom is -0.317 e. The highest BCUT2D eigenvalue weighted by molar-refractivity contribution is 4.96. The van der Waals surface area contributed by atoms with Crippen LogP contribution in [0.1, 0.15) is 84.0 Å². The molecule has 3 atom stereocenters. The number of hydrogen-bond donors (Lipinski definition) is 1. The zero-order chi connectivity index (χ0) is 15.1. The Morgan fingerprint density at radius 1 is 0.952 bits per heavy atom. The number of piperidine rings is 1. The molecular weight excluding hydrogens is 256 g/mol. The van der Waals surface area contributed by atoms with Crippen LogP contribution in [0.5, 0.6) is 0 Å². The van der Waals surface area contributed by atoms with Crippen LogP contribution in [0, 0.1) is 5.92 Å². The third-order valence-corrected chi connectivity index (χ3v) is 6.19. The monoisotopic (exact) mass is 294 g/mol. The van der Waals surface area contributed by atoms with Crippen molar-refractivity contribution >= 4 is 0 Å². The van der Waals surface area contributed by atoms with Crippen molar-refractivity contribution in [3.63, 3.8) is 0 Å². The third kappa shape index (κ3) is 4.96. The Kier molecular flexibility index (Phi) is 7.53. The standard InChI is InChI=1S/C19H38N2/c1-4-5-6-7-8-9-10-11-19(20-2)16-14-17-12-13-18(15-16)21(17)3/h16-20H,4-15H2,1-3H3. The van der Waals surface area contributed by atoms with E-state index in [1.165, 1.54) is 77.0 Å². The van der Waals surface area contributed by atoms with E-state index < -0.39 is 0 Å². The molecule has 2 rings (SSSR count). The molecule has 0 radical (unpaired) electrons. The van der Waals surface area contributed by atoms with Crippen LogP contribution in [-0.4, -0.2) is 37.1 Å². The van der Waals surface area contributed by atoms with Crippen LogP contribution in [0.2, 0.25) is 0 Å². The van der Waals surface area contributed by atoms with Crippen molar-refractivity contribution in [1.29, 1.82) is 0 Å². The number of nitrogens with one attached hydrogen (secondary N) is 1. The van der Waals surface area contributed by atoms with Crippen LogP contribution >= 0.6 is 0 Å². The fourth-order valence-electron chi connectivity index (χ4n) is 4.72. The topological polar surface area (TPSA) is 15.3 Å². The lowest BCUT2D eigenvalue weighted by Gasteiger charge is -2.40. The van der Waals surface area contributed by atoms with Gasteiger partial charge in [0.15, 0.2) is 0 Å². The summed E-state index contributed by atoms with van der Waals surface area (Å²) in [6.07, 6.45) is 17.2. The molecule has 3 unspecified atom stereocenters. The smallest absolute Gasteiger partial charge is 0.00989 e. The Balaban J connectivity index is 1.62. The summed E-state index contributed by atoms with van der Waals surface area (Å²) in [7, 11) is 4.54. The van der Waals surface area contributed by atoms with Gasteiger partial charge in [-0.1, -0.05) is 51.9 Å². The molecule has 2 saturated heterocycles. The minimum absolute atomic E-state index is 0.775. The van der Waals surface area contributed by atoms with Gasteiger partial charge < -0.3 is 10.2 Å². The summed E-state index contributed by atoms with van der Waals surface area (Å²) >= 11 is 0. The summed E-state index contributed by atoms with van der Waals surface area (Å²) in [6, 6.07) is 2.55. The molecule has 2 heterocycles. The second-order valence-corrected chi connectivity index (χ2v) is 7.59. The quantitative estimate of drug-likeness (QED) is 0.593. The molecule has 0 aromatic rings. The number of fused-ring (bicyclic) bond motifs is 2. The van der Waals surface area contributed by atoms with Crippen molar-refractivity contribution in [3.8, 4) is 0 Å². The molecule has 2 aliphatic rings. The first-order chi connectivity index (χ1) is 10.3. The average Bonchev–Trinajstić information content (AvgIpc) is 2.72. The lowest BCUT2D eigenvalue weighted by Crippen LogP contribution is -2.46. The number of hydrogen-bond acceptors (Lipinski definition) is 2.